The average Bonchev–Trinajstić information content (AvgIpc) is 3.42. The maximum atomic E-state index is 13.4. The van der Waals surface area contributed by atoms with Crippen molar-refractivity contribution in [2.45, 2.75) is 17.2 Å². The number of benzene rings is 2. The van der Waals surface area contributed by atoms with E-state index in [-0.39, 0.29) is 42.7 Å². The van der Waals surface area contributed by atoms with Crippen molar-refractivity contribution < 1.29 is 27.2 Å². The molecule has 9 nitrogen and oxygen atoms in total. The second-order valence-corrected chi connectivity index (χ2v) is 10.2. The molecule has 1 aromatic heterocycles. The van der Waals surface area contributed by atoms with Crippen LogP contribution < -0.4 is 5.32 Å². The fourth-order valence-corrected chi connectivity index (χ4v) is 5.38. The van der Waals surface area contributed by atoms with Crippen molar-refractivity contribution in [3.63, 3.8) is 0 Å². The number of nitrogens with zero attached hydrogens (tertiary/aromatic N) is 2. The predicted octanol–water partition coefficient (Wildman–Crippen LogP) is 2.10. The van der Waals surface area contributed by atoms with Gasteiger partial charge in [-0.25, -0.2) is 8.42 Å². The van der Waals surface area contributed by atoms with Crippen LogP contribution in [0.2, 0.25) is 0 Å². The molecule has 2 heterocycles. The van der Waals surface area contributed by atoms with E-state index in [0.29, 0.717) is 5.56 Å². The van der Waals surface area contributed by atoms with Crippen molar-refractivity contribution >= 4 is 27.6 Å². The Morgan fingerprint density at radius 3 is 2.11 bits per heavy atom. The van der Waals surface area contributed by atoms with Crippen molar-refractivity contribution in [1.29, 1.82) is 0 Å². The summed E-state index contributed by atoms with van der Waals surface area (Å²) in [5.41, 5.74) is 1.44. The first-order valence-electron chi connectivity index (χ1n) is 11.1. The monoisotopic (exact) mass is 495 g/mol. The van der Waals surface area contributed by atoms with Crippen LogP contribution in [0.25, 0.3) is 0 Å². The van der Waals surface area contributed by atoms with Gasteiger partial charge in [0.25, 0.3) is 17.7 Å². The summed E-state index contributed by atoms with van der Waals surface area (Å²) in [5, 5.41) is 0.484. The number of amides is 3. The Kier molecular flexibility index (Phi) is 7.02. The Morgan fingerprint density at radius 2 is 1.49 bits per heavy atom. The molecule has 0 saturated carbocycles. The smallest absolute Gasteiger partial charge is 0.288 e. The van der Waals surface area contributed by atoms with E-state index in [2.05, 4.69) is 5.32 Å². The number of aryl methyl sites for hydroxylation is 1. The summed E-state index contributed by atoms with van der Waals surface area (Å²) in [6, 6.07) is 17.6. The Hall–Kier alpha value is -3.92. The minimum Gasteiger partial charge on any atom is -0.459 e. The van der Waals surface area contributed by atoms with Crippen molar-refractivity contribution in [1.82, 2.24) is 15.1 Å². The molecule has 1 fully saturated rings. The van der Waals surface area contributed by atoms with Crippen LogP contribution >= 0.6 is 0 Å². The number of hydrogen-bond donors (Lipinski definition) is 1. The minimum atomic E-state index is -4.26. The van der Waals surface area contributed by atoms with Gasteiger partial charge in [0.2, 0.25) is 15.2 Å². The summed E-state index contributed by atoms with van der Waals surface area (Å²) in [5.74, 6) is -1.84. The van der Waals surface area contributed by atoms with Crippen molar-refractivity contribution in [3.8, 4) is 0 Å². The number of rotatable bonds is 6. The highest BCUT2D eigenvalue weighted by atomic mass is 32.2. The molecular weight excluding hydrogens is 470 g/mol. The number of piperazine rings is 1. The highest BCUT2D eigenvalue weighted by Gasteiger charge is 2.40. The molecule has 35 heavy (non-hydrogen) atoms. The summed E-state index contributed by atoms with van der Waals surface area (Å²) >= 11 is 0. The lowest BCUT2D eigenvalue weighted by atomic mass is 10.1. The van der Waals surface area contributed by atoms with Crippen molar-refractivity contribution in [3.05, 3.63) is 89.9 Å². The Labute approximate surface area is 203 Å². The Balaban J connectivity index is 1.53. The molecule has 2 aromatic carbocycles. The number of furan rings is 1. The fourth-order valence-electron chi connectivity index (χ4n) is 3.90. The molecule has 4 rings (SSSR count). The molecule has 0 spiro atoms. The number of carbonyl (C=O) groups is 3. The standard InChI is InChI=1S/C25H25N3O6S/c1-18-8-5-6-11-20(18)24(30)27-13-15-28(16-14-27)25(31)23(26-22(29)21-12-7-17-34-21)35(32,33)19-9-3-2-4-10-19/h2-12,17,23H,13-16H2,1H3,(H,26,29). The SMILES string of the molecule is Cc1ccccc1C(=O)N1CCN(C(=O)C(NC(=O)c2ccco2)S(=O)(=O)c2ccccc2)CC1. The zero-order valence-corrected chi connectivity index (χ0v) is 19.9. The lowest BCUT2D eigenvalue weighted by Gasteiger charge is -2.36. The van der Waals surface area contributed by atoms with Gasteiger partial charge < -0.3 is 19.5 Å². The lowest BCUT2D eigenvalue weighted by molar-refractivity contribution is -0.132. The molecule has 3 aromatic rings. The topological polar surface area (TPSA) is 117 Å². The van der Waals surface area contributed by atoms with Crippen LogP contribution in [0, 0.1) is 6.92 Å². The number of hydrogen-bond acceptors (Lipinski definition) is 6. The summed E-state index contributed by atoms with van der Waals surface area (Å²) < 4.78 is 31.8. The third-order valence-corrected chi connectivity index (χ3v) is 7.74. The van der Waals surface area contributed by atoms with Crippen LogP contribution in [0.4, 0.5) is 0 Å². The van der Waals surface area contributed by atoms with Crippen LogP contribution in [0.3, 0.4) is 0 Å². The molecule has 0 bridgehead atoms. The largest absolute Gasteiger partial charge is 0.459 e. The van der Waals surface area contributed by atoms with E-state index in [1.165, 1.54) is 35.4 Å². The Bertz CT molecular complexity index is 1310. The van der Waals surface area contributed by atoms with Gasteiger partial charge in [-0.05, 0) is 42.8 Å². The molecule has 0 aliphatic carbocycles. The quantitative estimate of drug-likeness (QED) is 0.560. The number of nitrogens with one attached hydrogen (secondary N) is 1. The highest BCUT2D eigenvalue weighted by molar-refractivity contribution is 7.92. The van der Waals surface area contributed by atoms with Gasteiger partial charge in [-0.3, -0.25) is 14.4 Å². The van der Waals surface area contributed by atoms with E-state index in [1.54, 1.807) is 35.2 Å². The van der Waals surface area contributed by atoms with Gasteiger partial charge in [-0.1, -0.05) is 36.4 Å². The third kappa shape index (κ3) is 5.12. The number of sulfone groups is 1. The van der Waals surface area contributed by atoms with Gasteiger partial charge >= 0.3 is 0 Å². The second kappa shape index (κ2) is 10.1. The van der Waals surface area contributed by atoms with E-state index in [0.717, 1.165) is 5.56 Å². The summed E-state index contributed by atoms with van der Waals surface area (Å²) in [7, 11) is -4.26. The van der Waals surface area contributed by atoms with E-state index >= 15 is 0 Å². The van der Waals surface area contributed by atoms with Crippen LogP contribution in [-0.4, -0.2) is 67.5 Å². The molecule has 10 heteroatoms. The maximum absolute atomic E-state index is 13.4. The summed E-state index contributed by atoms with van der Waals surface area (Å²) in [4.78, 5) is 41.9. The van der Waals surface area contributed by atoms with E-state index in [4.69, 9.17) is 4.42 Å². The van der Waals surface area contributed by atoms with Gasteiger partial charge in [-0.2, -0.15) is 0 Å². The molecule has 3 amide bonds. The molecular formula is C25H25N3O6S. The van der Waals surface area contributed by atoms with Gasteiger partial charge in [0.15, 0.2) is 5.76 Å². The van der Waals surface area contributed by atoms with E-state index < -0.39 is 27.0 Å². The van der Waals surface area contributed by atoms with Crippen molar-refractivity contribution in [2.75, 3.05) is 26.2 Å². The van der Waals surface area contributed by atoms with Crippen molar-refractivity contribution in [2.24, 2.45) is 0 Å². The number of carbonyl (C=O) groups excluding carboxylic acids is 3. The van der Waals surface area contributed by atoms with Crippen LogP contribution in [0.1, 0.15) is 26.5 Å². The molecule has 182 valence electrons. The van der Waals surface area contributed by atoms with Crippen LogP contribution in [0.5, 0.6) is 0 Å². The zero-order valence-electron chi connectivity index (χ0n) is 19.1. The molecule has 1 saturated heterocycles. The maximum Gasteiger partial charge on any atom is 0.288 e. The second-order valence-electron chi connectivity index (χ2n) is 8.12. The molecule has 1 N–H and O–H groups in total. The van der Waals surface area contributed by atoms with E-state index in [9.17, 15) is 22.8 Å². The third-order valence-electron chi connectivity index (χ3n) is 5.87. The van der Waals surface area contributed by atoms with Crippen LogP contribution in [-0.2, 0) is 14.6 Å². The highest BCUT2D eigenvalue weighted by Crippen LogP contribution is 2.19. The van der Waals surface area contributed by atoms with Crippen LogP contribution in [0.15, 0.2) is 82.3 Å². The summed E-state index contributed by atoms with van der Waals surface area (Å²) in [6.45, 7) is 2.60. The molecule has 1 aliphatic rings. The van der Waals surface area contributed by atoms with Gasteiger partial charge in [0, 0.05) is 31.7 Å². The van der Waals surface area contributed by atoms with E-state index in [1.807, 2.05) is 19.1 Å². The fraction of sp³-hybridized carbons (Fsp3) is 0.240. The molecule has 1 aliphatic heterocycles. The predicted molar refractivity (Wildman–Crippen MR) is 127 cm³/mol. The average molecular weight is 496 g/mol. The minimum absolute atomic E-state index is 0.0912. The summed E-state index contributed by atoms with van der Waals surface area (Å²) in [6.07, 6.45) is 1.28. The first-order chi connectivity index (χ1) is 16.8. The van der Waals surface area contributed by atoms with Gasteiger partial charge in [0.1, 0.15) is 0 Å². The van der Waals surface area contributed by atoms with Gasteiger partial charge in [-0.15, -0.1) is 0 Å². The first kappa shape index (κ1) is 24.2. The zero-order chi connectivity index (χ0) is 25.0. The van der Waals surface area contributed by atoms with Gasteiger partial charge in [0.05, 0.1) is 11.2 Å². The first-order valence-corrected chi connectivity index (χ1v) is 12.6. The normalized spacial score (nSPS) is 14.9. The molecule has 1 atom stereocenters. The lowest BCUT2D eigenvalue weighted by Crippen LogP contribution is -2.57. The Morgan fingerprint density at radius 1 is 0.857 bits per heavy atom. The molecule has 0 radical (unpaired) electrons. The molecule has 1 unspecified atom stereocenters.